The van der Waals surface area contributed by atoms with E-state index >= 15 is 0 Å². The Morgan fingerprint density at radius 3 is 3.12 bits per heavy atom. The van der Waals surface area contributed by atoms with E-state index in [0.29, 0.717) is 31.3 Å². The van der Waals surface area contributed by atoms with E-state index in [1.807, 2.05) is 18.2 Å². The van der Waals surface area contributed by atoms with Crippen LogP contribution in [0.25, 0.3) is 0 Å². The molecule has 2 aromatic rings. The van der Waals surface area contributed by atoms with Crippen LogP contribution in [0.5, 0.6) is 17.4 Å². The molecule has 2 aliphatic heterocycles. The summed E-state index contributed by atoms with van der Waals surface area (Å²) in [6.07, 6.45) is 3.81. The molecule has 1 aromatic heterocycles. The molecule has 130 valence electrons. The van der Waals surface area contributed by atoms with E-state index in [0.717, 1.165) is 17.7 Å². The predicted octanol–water partition coefficient (Wildman–Crippen LogP) is 1.57. The summed E-state index contributed by atoms with van der Waals surface area (Å²) >= 11 is 0. The van der Waals surface area contributed by atoms with E-state index in [4.69, 9.17) is 14.2 Å². The largest absolute Gasteiger partial charge is 0.472 e. The molecule has 1 fully saturated rings. The van der Waals surface area contributed by atoms with Crippen LogP contribution in [-0.4, -0.2) is 46.9 Å². The number of fused-ring (bicyclic) bond motifs is 1. The molecule has 0 saturated carbocycles. The number of nitrogens with zero attached hydrogens (tertiary/aromatic N) is 3. The smallest absolute Gasteiger partial charge is 0.317 e. The second kappa shape index (κ2) is 6.84. The summed E-state index contributed by atoms with van der Waals surface area (Å²) in [6, 6.07) is 7.26. The van der Waals surface area contributed by atoms with Gasteiger partial charge in [-0.15, -0.1) is 0 Å². The summed E-state index contributed by atoms with van der Waals surface area (Å²) in [5.41, 5.74) is 0.964. The molecule has 0 aliphatic carbocycles. The maximum atomic E-state index is 12.3. The molecule has 25 heavy (non-hydrogen) atoms. The van der Waals surface area contributed by atoms with E-state index in [-0.39, 0.29) is 18.9 Å². The van der Waals surface area contributed by atoms with Crippen molar-refractivity contribution in [3.05, 3.63) is 42.4 Å². The number of hydrogen-bond acceptors (Lipinski definition) is 6. The zero-order chi connectivity index (χ0) is 17.1. The molecule has 1 atom stereocenters. The number of urea groups is 1. The SMILES string of the molecule is O=C(NCc1ccc2c(c1)OCO2)N1CC[C@@H](Oc2ccncn2)C1. The summed E-state index contributed by atoms with van der Waals surface area (Å²) in [4.78, 5) is 22.0. The second-order valence-electron chi connectivity index (χ2n) is 5.87. The minimum Gasteiger partial charge on any atom is -0.472 e. The molecule has 8 heteroatoms. The van der Waals surface area contributed by atoms with Gasteiger partial charge in [0, 0.05) is 31.8 Å². The summed E-state index contributed by atoms with van der Waals surface area (Å²) < 4.78 is 16.4. The van der Waals surface area contributed by atoms with E-state index in [2.05, 4.69) is 15.3 Å². The number of rotatable bonds is 4. The third kappa shape index (κ3) is 3.57. The van der Waals surface area contributed by atoms with Gasteiger partial charge in [0.1, 0.15) is 12.4 Å². The van der Waals surface area contributed by atoms with Crippen LogP contribution >= 0.6 is 0 Å². The number of amides is 2. The third-order valence-corrected chi connectivity index (χ3v) is 4.16. The third-order valence-electron chi connectivity index (χ3n) is 4.16. The van der Waals surface area contributed by atoms with Crippen molar-refractivity contribution < 1.29 is 19.0 Å². The van der Waals surface area contributed by atoms with Gasteiger partial charge in [0.2, 0.25) is 12.7 Å². The molecule has 1 saturated heterocycles. The van der Waals surface area contributed by atoms with Crippen LogP contribution in [0.2, 0.25) is 0 Å². The van der Waals surface area contributed by atoms with E-state index < -0.39 is 0 Å². The second-order valence-corrected chi connectivity index (χ2v) is 5.87. The van der Waals surface area contributed by atoms with Gasteiger partial charge in [-0.3, -0.25) is 0 Å². The van der Waals surface area contributed by atoms with Crippen LogP contribution < -0.4 is 19.5 Å². The number of hydrogen-bond donors (Lipinski definition) is 1. The highest BCUT2D eigenvalue weighted by Crippen LogP contribution is 2.32. The van der Waals surface area contributed by atoms with Gasteiger partial charge in [-0.05, 0) is 17.7 Å². The number of nitrogens with one attached hydrogen (secondary N) is 1. The molecular formula is C17H18N4O4. The van der Waals surface area contributed by atoms with E-state index in [9.17, 15) is 4.79 Å². The lowest BCUT2D eigenvalue weighted by molar-refractivity contribution is 0.174. The van der Waals surface area contributed by atoms with Crippen molar-refractivity contribution in [2.24, 2.45) is 0 Å². The quantitative estimate of drug-likeness (QED) is 0.908. The van der Waals surface area contributed by atoms with Crippen LogP contribution in [0.3, 0.4) is 0 Å². The molecule has 1 N–H and O–H groups in total. The molecule has 0 radical (unpaired) electrons. The summed E-state index contributed by atoms with van der Waals surface area (Å²) in [6.45, 7) is 1.87. The molecule has 4 rings (SSSR count). The molecule has 3 heterocycles. The van der Waals surface area contributed by atoms with Crippen LogP contribution in [-0.2, 0) is 6.54 Å². The van der Waals surface area contributed by atoms with Crippen molar-refractivity contribution in [3.8, 4) is 17.4 Å². The topological polar surface area (TPSA) is 85.8 Å². The lowest BCUT2D eigenvalue weighted by Gasteiger charge is -2.17. The van der Waals surface area contributed by atoms with Gasteiger partial charge in [0.25, 0.3) is 0 Å². The van der Waals surface area contributed by atoms with Gasteiger partial charge in [-0.1, -0.05) is 6.07 Å². The van der Waals surface area contributed by atoms with E-state index in [1.54, 1.807) is 17.2 Å². The molecule has 8 nitrogen and oxygen atoms in total. The fourth-order valence-corrected chi connectivity index (χ4v) is 2.87. The Balaban J connectivity index is 1.27. The molecule has 1 aromatic carbocycles. The highest BCUT2D eigenvalue weighted by atomic mass is 16.7. The molecule has 2 aliphatic rings. The zero-order valence-corrected chi connectivity index (χ0v) is 13.6. The fraction of sp³-hybridized carbons (Fsp3) is 0.353. The van der Waals surface area contributed by atoms with Crippen molar-refractivity contribution in [1.29, 1.82) is 0 Å². The van der Waals surface area contributed by atoms with Crippen molar-refractivity contribution in [1.82, 2.24) is 20.2 Å². The van der Waals surface area contributed by atoms with Crippen molar-refractivity contribution in [2.75, 3.05) is 19.9 Å². The summed E-state index contributed by atoms with van der Waals surface area (Å²) in [5.74, 6) is 1.98. The number of carbonyl (C=O) groups excluding carboxylic acids is 1. The minimum absolute atomic E-state index is 0.0498. The maximum Gasteiger partial charge on any atom is 0.317 e. The first-order valence-corrected chi connectivity index (χ1v) is 8.12. The molecule has 0 bridgehead atoms. The Hall–Kier alpha value is -3.03. The standard InChI is InChI=1S/C17H18N4O4/c22-17(19-8-12-1-2-14-15(7-12)24-11-23-14)21-6-4-13(9-21)25-16-3-5-18-10-20-16/h1-3,5,7,10,13H,4,6,8-9,11H2,(H,19,22)/t13-/m1/s1. The highest BCUT2D eigenvalue weighted by Gasteiger charge is 2.27. The Bertz CT molecular complexity index is 756. The van der Waals surface area contributed by atoms with Gasteiger partial charge >= 0.3 is 6.03 Å². The Kier molecular flexibility index (Phi) is 4.24. The van der Waals surface area contributed by atoms with Gasteiger partial charge in [-0.25, -0.2) is 14.8 Å². The molecular weight excluding hydrogens is 324 g/mol. The van der Waals surface area contributed by atoms with Gasteiger partial charge in [0.15, 0.2) is 11.5 Å². The first kappa shape index (κ1) is 15.5. The number of aromatic nitrogens is 2. The van der Waals surface area contributed by atoms with Crippen molar-refractivity contribution >= 4 is 6.03 Å². The van der Waals surface area contributed by atoms with Gasteiger partial charge in [-0.2, -0.15) is 0 Å². The number of carbonyl (C=O) groups is 1. The highest BCUT2D eigenvalue weighted by molar-refractivity contribution is 5.74. The van der Waals surface area contributed by atoms with Crippen LogP contribution in [0.4, 0.5) is 4.79 Å². The van der Waals surface area contributed by atoms with Crippen LogP contribution in [0.1, 0.15) is 12.0 Å². The Morgan fingerprint density at radius 2 is 2.24 bits per heavy atom. The monoisotopic (exact) mass is 342 g/mol. The zero-order valence-electron chi connectivity index (χ0n) is 13.6. The number of benzene rings is 1. The Morgan fingerprint density at radius 1 is 1.32 bits per heavy atom. The lowest BCUT2D eigenvalue weighted by atomic mass is 10.2. The van der Waals surface area contributed by atoms with Gasteiger partial charge < -0.3 is 24.4 Å². The molecule has 0 unspecified atom stereocenters. The van der Waals surface area contributed by atoms with Crippen molar-refractivity contribution in [3.63, 3.8) is 0 Å². The predicted molar refractivity (Wildman–Crippen MR) is 87.4 cm³/mol. The summed E-state index contributed by atoms with van der Waals surface area (Å²) in [5, 5.41) is 2.93. The Labute approximate surface area is 144 Å². The average Bonchev–Trinajstić information content (AvgIpc) is 3.29. The van der Waals surface area contributed by atoms with Crippen LogP contribution in [0, 0.1) is 0 Å². The number of ether oxygens (including phenoxy) is 3. The van der Waals surface area contributed by atoms with Crippen molar-refractivity contribution in [2.45, 2.75) is 19.1 Å². The van der Waals surface area contributed by atoms with E-state index in [1.165, 1.54) is 6.33 Å². The minimum atomic E-state index is -0.105. The normalized spacial score (nSPS) is 18.2. The number of likely N-dealkylation sites (tertiary alicyclic amines) is 1. The first-order chi connectivity index (χ1) is 12.3. The van der Waals surface area contributed by atoms with Crippen LogP contribution in [0.15, 0.2) is 36.8 Å². The lowest BCUT2D eigenvalue weighted by Crippen LogP contribution is -2.39. The summed E-state index contributed by atoms with van der Waals surface area (Å²) in [7, 11) is 0. The average molecular weight is 342 g/mol. The maximum absolute atomic E-state index is 12.3. The van der Waals surface area contributed by atoms with Gasteiger partial charge in [0.05, 0.1) is 6.54 Å². The molecule has 0 spiro atoms. The first-order valence-electron chi connectivity index (χ1n) is 8.12. The molecule has 2 amide bonds. The fourth-order valence-electron chi connectivity index (χ4n) is 2.87.